The second-order valence-corrected chi connectivity index (χ2v) is 7.15. The second kappa shape index (κ2) is 6.96. The molecule has 1 amide bonds. The molecule has 1 aliphatic carbocycles. The van der Waals surface area contributed by atoms with Gasteiger partial charge in [-0.3, -0.25) is 4.79 Å². The predicted molar refractivity (Wildman–Crippen MR) is 101 cm³/mol. The highest BCUT2D eigenvalue weighted by Crippen LogP contribution is 2.26. The van der Waals surface area contributed by atoms with E-state index in [1.165, 1.54) is 6.42 Å². The van der Waals surface area contributed by atoms with Crippen molar-refractivity contribution in [2.24, 2.45) is 15.9 Å². The number of amides is 1. The number of nitrogens with zero attached hydrogens (tertiary/aromatic N) is 3. The van der Waals surface area contributed by atoms with E-state index in [1.54, 1.807) is 0 Å². The molecule has 3 aliphatic rings. The largest absolute Gasteiger partial charge is 0.327 e. The number of hydrogen-bond acceptors (Lipinski definition) is 2. The highest BCUT2D eigenvalue weighted by Gasteiger charge is 2.24. The lowest BCUT2D eigenvalue weighted by Crippen LogP contribution is -2.25. The van der Waals surface area contributed by atoms with Crippen LogP contribution in [0.1, 0.15) is 43.2 Å². The van der Waals surface area contributed by atoms with Crippen LogP contribution in [0.25, 0.3) is 0 Å². The number of allylic oxidation sites excluding steroid dienone is 2. The summed E-state index contributed by atoms with van der Waals surface area (Å²) < 4.78 is 0. The van der Waals surface area contributed by atoms with Crippen molar-refractivity contribution in [1.82, 2.24) is 4.90 Å². The van der Waals surface area contributed by atoms with E-state index in [0.29, 0.717) is 17.4 Å². The van der Waals surface area contributed by atoms with E-state index in [2.05, 4.69) is 16.1 Å². The first-order valence-electron chi connectivity index (χ1n) is 8.82. The Kier molecular flexibility index (Phi) is 4.53. The van der Waals surface area contributed by atoms with Gasteiger partial charge in [0.05, 0.1) is 5.03 Å². The molecule has 2 aliphatic heterocycles. The molecule has 0 spiro atoms. The number of carbonyl (C=O) groups is 1. The Morgan fingerprint density at radius 1 is 1.16 bits per heavy atom. The smallest absolute Gasteiger partial charge is 0.250 e. The first kappa shape index (κ1) is 16.3. The van der Waals surface area contributed by atoms with E-state index < -0.39 is 0 Å². The summed E-state index contributed by atoms with van der Waals surface area (Å²) in [5, 5.41) is 0.662. The summed E-state index contributed by atoms with van der Waals surface area (Å²) in [5.41, 5.74) is 2.01. The van der Waals surface area contributed by atoms with Crippen molar-refractivity contribution in [3.05, 3.63) is 58.8 Å². The zero-order valence-corrected chi connectivity index (χ0v) is 14.7. The van der Waals surface area contributed by atoms with E-state index in [1.807, 2.05) is 41.5 Å². The van der Waals surface area contributed by atoms with Crippen LogP contribution in [0.2, 0.25) is 0 Å². The molecule has 0 saturated heterocycles. The lowest BCUT2D eigenvalue weighted by atomic mass is 9.89. The Balaban J connectivity index is 1.74. The van der Waals surface area contributed by atoms with Crippen LogP contribution in [0, 0.1) is 5.92 Å². The van der Waals surface area contributed by atoms with Crippen LogP contribution in [0.5, 0.6) is 0 Å². The van der Waals surface area contributed by atoms with Crippen LogP contribution < -0.4 is 0 Å². The molecule has 1 aromatic carbocycles. The summed E-state index contributed by atoms with van der Waals surface area (Å²) in [7, 11) is 0. The molecule has 5 heteroatoms. The summed E-state index contributed by atoms with van der Waals surface area (Å²) in [5.74, 6) is 1.29. The minimum Gasteiger partial charge on any atom is -0.327 e. The Morgan fingerprint density at radius 3 is 2.80 bits per heavy atom. The van der Waals surface area contributed by atoms with Gasteiger partial charge < -0.3 is 4.90 Å². The van der Waals surface area contributed by atoms with Crippen LogP contribution in [-0.2, 0) is 11.3 Å². The number of carbonyl (C=O) groups excluding carboxylic acids is 1. The summed E-state index contributed by atoms with van der Waals surface area (Å²) >= 11 is 6.13. The van der Waals surface area contributed by atoms with Crippen LogP contribution in [0.3, 0.4) is 0 Å². The molecule has 0 aromatic heterocycles. The zero-order chi connectivity index (χ0) is 17.2. The maximum absolute atomic E-state index is 12.7. The maximum Gasteiger partial charge on any atom is 0.250 e. The fourth-order valence-electron chi connectivity index (χ4n) is 3.60. The molecular weight excluding hydrogens is 334 g/mol. The van der Waals surface area contributed by atoms with E-state index >= 15 is 0 Å². The number of halogens is 1. The highest BCUT2D eigenvalue weighted by molar-refractivity contribution is 6.32. The van der Waals surface area contributed by atoms with Gasteiger partial charge in [0.1, 0.15) is 5.84 Å². The van der Waals surface area contributed by atoms with Gasteiger partial charge in [-0.15, -0.1) is 0 Å². The lowest BCUT2D eigenvalue weighted by Gasteiger charge is -2.21. The van der Waals surface area contributed by atoms with E-state index in [4.69, 9.17) is 11.6 Å². The average molecular weight is 354 g/mol. The Labute approximate surface area is 152 Å². The first-order valence-corrected chi connectivity index (χ1v) is 9.20. The predicted octanol–water partition coefficient (Wildman–Crippen LogP) is 4.40. The van der Waals surface area contributed by atoms with Gasteiger partial charge in [-0.1, -0.05) is 55.1 Å². The van der Waals surface area contributed by atoms with Gasteiger partial charge in [-0.05, 0) is 30.6 Å². The zero-order valence-electron chi connectivity index (χ0n) is 14.0. The van der Waals surface area contributed by atoms with Gasteiger partial charge in [0.2, 0.25) is 0 Å². The number of benzene rings is 1. The minimum atomic E-state index is -0.0318. The molecule has 1 aromatic rings. The van der Waals surface area contributed by atoms with Crippen molar-refractivity contribution >= 4 is 29.2 Å². The van der Waals surface area contributed by atoms with Gasteiger partial charge in [-0.2, -0.15) is 4.99 Å². The molecule has 0 unspecified atom stereocenters. The van der Waals surface area contributed by atoms with E-state index in [-0.39, 0.29) is 11.8 Å². The number of aliphatic imine (C=N–C) groups is 2. The van der Waals surface area contributed by atoms with Gasteiger partial charge in [0, 0.05) is 24.2 Å². The maximum atomic E-state index is 12.7. The number of rotatable bonds is 1. The van der Waals surface area contributed by atoms with Gasteiger partial charge in [-0.25, -0.2) is 4.99 Å². The summed E-state index contributed by atoms with van der Waals surface area (Å²) in [6, 6.07) is 7.99. The summed E-state index contributed by atoms with van der Waals surface area (Å²) in [6.45, 7) is 0.659. The van der Waals surface area contributed by atoms with Crippen molar-refractivity contribution in [1.29, 1.82) is 0 Å². The monoisotopic (exact) mass is 353 g/mol. The number of amidine groups is 2. The molecule has 25 heavy (non-hydrogen) atoms. The van der Waals surface area contributed by atoms with Gasteiger partial charge >= 0.3 is 0 Å². The SMILES string of the molecule is O=C(N=C1N=C2C=CC(Cl)=CN2Cc2ccccc21)C1CCCCC1. The van der Waals surface area contributed by atoms with Crippen LogP contribution in [0.15, 0.2) is 57.6 Å². The highest BCUT2D eigenvalue weighted by atomic mass is 35.5. The fraction of sp³-hybridized carbons (Fsp3) is 0.350. The molecule has 2 heterocycles. The molecule has 0 atom stereocenters. The Morgan fingerprint density at radius 2 is 1.96 bits per heavy atom. The minimum absolute atomic E-state index is 0.0318. The summed E-state index contributed by atoms with van der Waals surface area (Å²) in [6.07, 6.45) is 10.9. The third-order valence-electron chi connectivity index (χ3n) is 4.95. The van der Waals surface area contributed by atoms with E-state index in [0.717, 1.165) is 42.6 Å². The van der Waals surface area contributed by atoms with Crippen molar-refractivity contribution < 1.29 is 4.79 Å². The van der Waals surface area contributed by atoms with Crippen molar-refractivity contribution in [2.45, 2.75) is 38.6 Å². The normalized spacial score (nSPS) is 22.0. The molecule has 128 valence electrons. The van der Waals surface area contributed by atoms with Crippen LogP contribution in [-0.4, -0.2) is 22.5 Å². The second-order valence-electron chi connectivity index (χ2n) is 6.71. The van der Waals surface area contributed by atoms with Crippen LogP contribution >= 0.6 is 11.6 Å². The Bertz CT molecular complexity index is 816. The van der Waals surface area contributed by atoms with Gasteiger partial charge in [0.25, 0.3) is 5.91 Å². The van der Waals surface area contributed by atoms with Crippen LogP contribution in [0.4, 0.5) is 0 Å². The third kappa shape index (κ3) is 3.45. The Hall–Kier alpha value is -2.20. The fourth-order valence-corrected chi connectivity index (χ4v) is 3.78. The molecule has 0 N–H and O–H groups in total. The van der Waals surface area contributed by atoms with Crippen molar-refractivity contribution in [2.75, 3.05) is 0 Å². The van der Waals surface area contributed by atoms with Crippen molar-refractivity contribution in [3.8, 4) is 0 Å². The number of fused-ring (bicyclic) bond motifs is 2. The lowest BCUT2D eigenvalue weighted by molar-refractivity contribution is -0.122. The average Bonchev–Trinajstić information content (AvgIpc) is 2.79. The molecule has 0 bridgehead atoms. The topological polar surface area (TPSA) is 45.0 Å². The summed E-state index contributed by atoms with van der Waals surface area (Å²) in [4.78, 5) is 23.8. The standard InChI is InChI=1S/C20H20ClN3O/c21-16-10-11-18-22-19(23-20(25)14-6-2-1-3-7-14)17-9-5-4-8-15(17)12-24(18)13-16/h4-5,8-11,13-14H,1-3,6-7,12H2. The first-order chi connectivity index (χ1) is 12.2. The number of hydrogen-bond donors (Lipinski definition) is 0. The quantitative estimate of drug-likeness (QED) is 0.751. The third-order valence-corrected chi connectivity index (χ3v) is 5.18. The molecule has 1 fully saturated rings. The molecule has 0 radical (unpaired) electrons. The van der Waals surface area contributed by atoms with Gasteiger partial charge in [0.15, 0.2) is 5.84 Å². The molecule has 4 rings (SSSR count). The van der Waals surface area contributed by atoms with Crippen molar-refractivity contribution in [3.63, 3.8) is 0 Å². The molecular formula is C20H20ClN3O. The molecule has 1 saturated carbocycles. The van der Waals surface area contributed by atoms with E-state index in [9.17, 15) is 4.79 Å². The molecule has 4 nitrogen and oxygen atoms in total.